The van der Waals surface area contributed by atoms with E-state index in [9.17, 15) is 8.42 Å². The van der Waals surface area contributed by atoms with Gasteiger partial charge in [-0.1, -0.05) is 29.8 Å². The van der Waals surface area contributed by atoms with E-state index in [0.717, 1.165) is 11.4 Å². The van der Waals surface area contributed by atoms with Crippen LogP contribution < -0.4 is 4.72 Å². The Hall–Kier alpha value is -2.31. The van der Waals surface area contributed by atoms with Crippen LogP contribution in [-0.4, -0.2) is 18.2 Å². The molecule has 0 saturated heterocycles. The lowest BCUT2D eigenvalue weighted by molar-refractivity contribution is 0.600. The number of aryl methyl sites for hydroxylation is 2. The van der Waals surface area contributed by atoms with Gasteiger partial charge in [0, 0.05) is 10.7 Å². The predicted octanol–water partition coefficient (Wildman–Crippen LogP) is 4.25. The lowest BCUT2D eigenvalue weighted by Crippen LogP contribution is -2.16. The molecule has 3 aromatic rings. The summed E-state index contributed by atoms with van der Waals surface area (Å²) in [5.74, 6) is 0. The zero-order valence-corrected chi connectivity index (χ0v) is 15.7. The zero-order chi connectivity index (χ0) is 18.2. The maximum absolute atomic E-state index is 12.8. The number of halogens is 1. The number of nitrogens with zero attached hydrogens (tertiary/aromatic N) is 2. The number of rotatable bonds is 4. The molecule has 0 saturated carbocycles. The van der Waals surface area contributed by atoms with Gasteiger partial charge in [-0.05, 0) is 56.7 Å². The van der Waals surface area contributed by atoms with E-state index in [0.29, 0.717) is 22.0 Å². The summed E-state index contributed by atoms with van der Waals surface area (Å²) >= 11 is 6.07. The van der Waals surface area contributed by atoms with Gasteiger partial charge in [0.2, 0.25) is 0 Å². The first-order chi connectivity index (χ1) is 11.8. The van der Waals surface area contributed by atoms with Gasteiger partial charge in [0.05, 0.1) is 22.0 Å². The van der Waals surface area contributed by atoms with E-state index in [-0.39, 0.29) is 4.90 Å². The van der Waals surface area contributed by atoms with Crippen molar-refractivity contribution < 1.29 is 8.42 Å². The Morgan fingerprint density at radius 3 is 2.44 bits per heavy atom. The Labute approximate surface area is 152 Å². The molecule has 1 heterocycles. The molecular weight excluding hydrogens is 358 g/mol. The summed E-state index contributed by atoms with van der Waals surface area (Å²) in [4.78, 5) is 0.156. The van der Waals surface area contributed by atoms with Crippen LogP contribution in [0.25, 0.3) is 5.69 Å². The molecule has 5 nitrogen and oxygen atoms in total. The molecule has 0 aliphatic rings. The minimum atomic E-state index is -3.78. The molecule has 2 aromatic carbocycles. The number of sulfonamides is 1. The first-order valence-corrected chi connectivity index (χ1v) is 9.56. The highest BCUT2D eigenvalue weighted by atomic mass is 35.5. The van der Waals surface area contributed by atoms with Gasteiger partial charge in [-0.2, -0.15) is 5.10 Å². The van der Waals surface area contributed by atoms with Gasteiger partial charge in [0.1, 0.15) is 0 Å². The van der Waals surface area contributed by atoms with Crippen molar-refractivity contribution in [2.75, 3.05) is 4.72 Å². The van der Waals surface area contributed by atoms with Crippen LogP contribution in [0.15, 0.2) is 53.4 Å². The third-order valence-corrected chi connectivity index (χ3v) is 5.81. The minimum Gasteiger partial charge on any atom is -0.277 e. The van der Waals surface area contributed by atoms with Crippen LogP contribution in [0.3, 0.4) is 0 Å². The van der Waals surface area contributed by atoms with Gasteiger partial charge in [0.25, 0.3) is 10.0 Å². The summed E-state index contributed by atoms with van der Waals surface area (Å²) in [5.41, 5.74) is 3.41. The molecule has 0 aliphatic heterocycles. The van der Waals surface area contributed by atoms with Crippen LogP contribution >= 0.6 is 11.6 Å². The molecule has 3 rings (SSSR count). The summed E-state index contributed by atoms with van der Waals surface area (Å²) in [6.07, 6.45) is 0. The fourth-order valence-corrected chi connectivity index (χ4v) is 4.27. The molecule has 0 radical (unpaired) electrons. The van der Waals surface area contributed by atoms with Gasteiger partial charge >= 0.3 is 0 Å². The number of hydrogen-bond donors (Lipinski definition) is 1. The maximum Gasteiger partial charge on any atom is 0.262 e. The Kier molecular flexibility index (Phi) is 4.58. The van der Waals surface area contributed by atoms with Crippen molar-refractivity contribution in [1.29, 1.82) is 0 Å². The fraction of sp³-hybridized carbons (Fsp3) is 0.167. The molecule has 130 valence electrons. The Morgan fingerprint density at radius 1 is 1.04 bits per heavy atom. The molecule has 0 spiro atoms. The number of hydrogen-bond acceptors (Lipinski definition) is 3. The normalized spacial score (nSPS) is 11.5. The van der Waals surface area contributed by atoms with E-state index >= 15 is 0 Å². The number of aromatic nitrogens is 2. The molecule has 0 atom stereocenters. The lowest BCUT2D eigenvalue weighted by atomic mass is 10.2. The molecule has 1 N–H and O–H groups in total. The monoisotopic (exact) mass is 375 g/mol. The first-order valence-electron chi connectivity index (χ1n) is 7.70. The van der Waals surface area contributed by atoms with Crippen LogP contribution in [0.2, 0.25) is 5.02 Å². The van der Waals surface area contributed by atoms with Crippen molar-refractivity contribution in [3.05, 3.63) is 70.5 Å². The Morgan fingerprint density at radius 2 is 1.76 bits per heavy atom. The molecule has 1 aromatic heterocycles. The van der Waals surface area contributed by atoms with E-state index in [1.807, 2.05) is 32.0 Å². The highest BCUT2D eigenvalue weighted by Gasteiger charge is 2.20. The molecule has 0 bridgehead atoms. The largest absolute Gasteiger partial charge is 0.277 e. The number of anilines is 1. The Bertz CT molecular complexity index is 1040. The van der Waals surface area contributed by atoms with E-state index in [2.05, 4.69) is 9.82 Å². The summed E-state index contributed by atoms with van der Waals surface area (Å²) < 4.78 is 30.1. The van der Waals surface area contributed by atoms with Crippen molar-refractivity contribution in [3.63, 3.8) is 0 Å². The van der Waals surface area contributed by atoms with Crippen LogP contribution in [-0.2, 0) is 10.0 Å². The van der Waals surface area contributed by atoms with E-state index in [1.54, 1.807) is 35.9 Å². The van der Waals surface area contributed by atoms with Crippen molar-refractivity contribution in [2.24, 2.45) is 0 Å². The SMILES string of the molecule is Cc1cc(C)n(-c2ccccc2NS(=O)(=O)c2cccc(Cl)c2C)n1. The second-order valence-corrected chi connectivity index (χ2v) is 7.88. The average molecular weight is 376 g/mol. The second-order valence-electron chi connectivity index (χ2n) is 5.82. The predicted molar refractivity (Wildman–Crippen MR) is 100 cm³/mol. The summed E-state index contributed by atoms with van der Waals surface area (Å²) in [7, 11) is -3.78. The van der Waals surface area contributed by atoms with Gasteiger partial charge in [-0.3, -0.25) is 4.72 Å². The van der Waals surface area contributed by atoms with Gasteiger partial charge in [-0.25, -0.2) is 13.1 Å². The molecule has 0 aliphatic carbocycles. The fourth-order valence-electron chi connectivity index (χ4n) is 2.70. The molecule has 7 heteroatoms. The first kappa shape index (κ1) is 17.5. The quantitative estimate of drug-likeness (QED) is 0.741. The zero-order valence-electron chi connectivity index (χ0n) is 14.1. The van der Waals surface area contributed by atoms with Crippen molar-refractivity contribution in [2.45, 2.75) is 25.7 Å². The summed E-state index contributed by atoms with van der Waals surface area (Å²) in [6.45, 7) is 5.50. The summed E-state index contributed by atoms with van der Waals surface area (Å²) in [6, 6.07) is 13.9. The average Bonchev–Trinajstić information content (AvgIpc) is 2.88. The highest BCUT2D eigenvalue weighted by Crippen LogP contribution is 2.27. The van der Waals surface area contributed by atoms with Crippen LogP contribution in [0.5, 0.6) is 0 Å². The van der Waals surface area contributed by atoms with Crippen LogP contribution in [0.4, 0.5) is 5.69 Å². The van der Waals surface area contributed by atoms with Crippen molar-refractivity contribution >= 4 is 27.3 Å². The molecule has 0 unspecified atom stereocenters. The maximum atomic E-state index is 12.8. The smallest absolute Gasteiger partial charge is 0.262 e. The van der Waals surface area contributed by atoms with Crippen molar-refractivity contribution in [1.82, 2.24) is 9.78 Å². The van der Waals surface area contributed by atoms with Gasteiger partial charge in [-0.15, -0.1) is 0 Å². The number of para-hydroxylation sites is 2. The third kappa shape index (κ3) is 3.41. The van der Waals surface area contributed by atoms with Crippen LogP contribution in [0.1, 0.15) is 17.0 Å². The number of nitrogens with one attached hydrogen (secondary N) is 1. The summed E-state index contributed by atoms with van der Waals surface area (Å²) in [5, 5.41) is 4.85. The number of benzene rings is 2. The standard InChI is InChI=1S/C18H18ClN3O2S/c1-12-11-13(2)22(20-12)17-9-5-4-8-16(17)21-25(23,24)18-10-6-7-15(19)14(18)3/h4-11,21H,1-3H3. The topological polar surface area (TPSA) is 64.0 Å². The third-order valence-electron chi connectivity index (χ3n) is 3.89. The molecular formula is C18H18ClN3O2S. The Balaban J connectivity index is 2.07. The van der Waals surface area contributed by atoms with E-state index in [4.69, 9.17) is 11.6 Å². The molecule has 25 heavy (non-hydrogen) atoms. The van der Waals surface area contributed by atoms with Crippen LogP contribution in [0, 0.1) is 20.8 Å². The molecule has 0 amide bonds. The highest BCUT2D eigenvalue weighted by molar-refractivity contribution is 7.92. The second kappa shape index (κ2) is 6.54. The lowest BCUT2D eigenvalue weighted by Gasteiger charge is -2.15. The minimum absolute atomic E-state index is 0.156. The van der Waals surface area contributed by atoms with E-state index in [1.165, 1.54) is 6.07 Å². The molecule has 0 fully saturated rings. The van der Waals surface area contributed by atoms with Gasteiger partial charge < -0.3 is 0 Å². The van der Waals surface area contributed by atoms with Gasteiger partial charge in [0.15, 0.2) is 0 Å². The van der Waals surface area contributed by atoms with E-state index < -0.39 is 10.0 Å². The van der Waals surface area contributed by atoms with Crippen molar-refractivity contribution in [3.8, 4) is 5.69 Å².